The van der Waals surface area contributed by atoms with Gasteiger partial charge in [0.1, 0.15) is 30.2 Å². The summed E-state index contributed by atoms with van der Waals surface area (Å²) < 4.78 is 0. The molecule has 7 N–H and O–H groups in total. The Balaban J connectivity index is 6.95. The summed E-state index contributed by atoms with van der Waals surface area (Å²) in [5.41, 5.74) is -1.65. The molecule has 7 atom stereocenters. The maximum atomic E-state index is 14.8. The average Bonchev–Trinajstić information content (AvgIpc) is 3.36. The van der Waals surface area contributed by atoms with Gasteiger partial charge in [0.25, 0.3) is 11.8 Å². The van der Waals surface area contributed by atoms with E-state index in [0.717, 1.165) is 33.5 Å². The fourth-order valence-corrected chi connectivity index (χ4v) is 9.69. The summed E-state index contributed by atoms with van der Waals surface area (Å²) in [6, 6.07) is -11.0. The third-order valence-corrected chi connectivity index (χ3v) is 15.1. The van der Waals surface area contributed by atoms with E-state index >= 15 is 0 Å². The molecule has 440 valence electrons. The van der Waals surface area contributed by atoms with Gasteiger partial charge in [-0.15, -0.1) is 11.8 Å². The van der Waals surface area contributed by atoms with Crippen LogP contribution in [0.1, 0.15) is 114 Å². The second-order valence-corrected chi connectivity index (χ2v) is 22.9. The SMILES string of the molecule is C/C=C/C[C@@H](C)C[C@@H](C(=O)N[C@@H](CC)C(=O)N(C)[C@H](SCCCSCCO)C(=O)N(C)[C@@H](CC(C)(C)O)C(=O)NC(=O)N(C)C(=O)NC(=O)NC(=O)N(C)C(C)C(=O)NC)N(C)C(=O)[C@H](C(C)C)N(C)C(=O)CCC(C)C. The maximum Gasteiger partial charge on any atom is 0.333 e. The lowest BCUT2D eigenvalue weighted by Crippen LogP contribution is -2.60. The first-order valence-corrected chi connectivity index (χ1v) is 28.1. The number of imide groups is 4. The molecule has 0 saturated heterocycles. The van der Waals surface area contributed by atoms with Gasteiger partial charge < -0.3 is 45.3 Å². The number of likely N-dealkylation sites (N-methyl/N-ethyl adjacent to an activating group) is 6. The van der Waals surface area contributed by atoms with Crippen LogP contribution in [0.15, 0.2) is 12.2 Å². The van der Waals surface area contributed by atoms with Gasteiger partial charge in [0.05, 0.1) is 12.2 Å². The lowest BCUT2D eigenvalue weighted by atomic mass is 9.94. The smallest absolute Gasteiger partial charge is 0.333 e. The summed E-state index contributed by atoms with van der Waals surface area (Å²) in [6.07, 6.45) is 5.61. The number of amides is 15. The molecule has 0 fully saturated rings. The first-order valence-electron chi connectivity index (χ1n) is 25.9. The standard InChI is InChI=1S/C51H91N11O13S2/c1-18-20-22-33(7)29-36(58(13)44(69)39(32(5)6)60(15)38(64)24-23-31(3)4)41(66)53-35(19-2)43(68)61(16)46(77-27-21-26-76-28-25-63)45(70)59(14)37(30-51(9,10)75)42(67)54-48(72)62(17)50(74)56-47(71)55-49(73)57(12)34(8)40(65)52-11/h18,20,31-37,39,46,63,75H,19,21-30H2,1-17H3,(H,52,65)(H,53,66)(H,54,67,72)(H2,55,56,71,73,74)/b20-18+/t33-,34?,35+,36+,37+,39+,46-/m1/s1. The molecule has 0 saturated carbocycles. The van der Waals surface area contributed by atoms with Crippen molar-refractivity contribution in [2.24, 2.45) is 17.8 Å². The molecule has 0 spiro atoms. The zero-order valence-corrected chi connectivity index (χ0v) is 50.1. The van der Waals surface area contributed by atoms with Crippen molar-refractivity contribution < 1.29 is 63.0 Å². The molecule has 24 nitrogen and oxygen atoms in total. The minimum absolute atomic E-state index is 0.0409. The second-order valence-electron chi connectivity index (χ2n) is 20.5. The molecule has 0 aliphatic carbocycles. The van der Waals surface area contributed by atoms with Crippen molar-refractivity contribution in [3.05, 3.63) is 12.2 Å². The van der Waals surface area contributed by atoms with Gasteiger partial charge in [-0.25, -0.2) is 24.1 Å². The lowest BCUT2D eigenvalue weighted by Gasteiger charge is -2.38. The Morgan fingerprint density at radius 3 is 1.77 bits per heavy atom. The van der Waals surface area contributed by atoms with Crippen molar-refractivity contribution in [1.29, 1.82) is 0 Å². The van der Waals surface area contributed by atoms with Crippen molar-refractivity contribution in [2.75, 3.05) is 73.2 Å². The third-order valence-electron chi connectivity index (χ3n) is 12.6. The molecule has 1 unspecified atom stereocenters. The number of urea groups is 4. The molecule has 0 rings (SSSR count). The molecular formula is C51H91N11O13S2. The summed E-state index contributed by atoms with van der Waals surface area (Å²) in [7, 11) is 9.16. The fourth-order valence-electron chi connectivity index (χ4n) is 7.66. The summed E-state index contributed by atoms with van der Waals surface area (Å²) >= 11 is 2.53. The zero-order valence-electron chi connectivity index (χ0n) is 48.5. The average molecular weight is 1130 g/mol. The van der Waals surface area contributed by atoms with Crippen LogP contribution in [0.3, 0.4) is 0 Å². The molecule has 0 bridgehead atoms. The molecule has 0 aromatic heterocycles. The van der Waals surface area contributed by atoms with Crippen LogP contribution in [-0.2, 0) is 33.6 Å². The van der Waals surface area contributed by atoms with Crippen molar-refractivity contribution in [1.82, 2.24) is 56.0 Å². The number of aliphatic hydroxyl groups is 2. The number of carbonyl (C=O) groups excluding carboxylic acids is 11. The van der Waals surface area contributed by atoms with Crippen LogP contribution >= 0.6 is 23.5 Å². The third kappa shape index (κ3) is 24.4. The number of nitrogens with zero attached hydrogens (tertiary/aromatic N) is 6. The van der Waals surface area contributed by atoms with Gasteiger partial charge in [-0.2, -0.15) is 11.8 Å². The predicted molar refractivity (Wildman–Crippen MR) is 298 cm³/mol. The first-order chi connectivity index (χ1) is 35.7. The summed E-state index contributed by atoms with van der Waals surface area (Å²) in [5, 5.41) is 29.7. The molecule has 0 aliphatic rings. The number of carbonyl (C=O) groups is 11. The van der Waals surface area contributed by atoms with E-state index in [1.807, 2.05) is 64.3 Å². The van der Waals surface area contributed by atoms with E-state index in [2.05, 4.69) is 10.6 Å². The number of rotatable bonds is 30. The quantitative estimate of drug-likeness (QED) is 0.0309. The van der Waals surface area contributed by atoms with Crippen LogP contribution < -0.4 is 26.6 Å². The van der Waals surface area contributed by atoms with Gasteiger partial charge in [0.15, 0.2) is 5.37 Å². The van der Waals surface area contributed by atoms with Gasteiger partial charge in [0, 0.05) is 67.9 Å². The van der Waals surface area contributed by atoms with E-state index in [0.29, 0.717) is 41.4 Å². The molecular weight excluding hydrogens is 1040 g/mol. The minimum atomic E-state index is -1.65. The Bertz CT molecular complexity index is 2040. The molecule has 0 heterocycles. The molecule has 77 heavy (non-hydrogen) atoms. The van der Waals surface area contributed by atoms with E-state index in [4.69, 9.17) is 0 Å². The monoisotopic (exact) mass is 1130 g/mol. The van der Waals surface area contributed by atoms with Crippen LogP contribution in [0.2, 0.25) is 0 Å². The second kappa shape index (κ2) is 35.1. The van der Waals surface area contributed by atoms with E-state index in [1.54, 1.807) is 19.3 Å². The first kappa shape index (κ1) is 71.5. The number of nitrogens with one attached hydrogen (secondary N) is 5. The molecule has 15 amide bonds. The van der Waals surface area contributed by atoms with E-state index in [9.17, 15) is 63.0 Å². The van der Waals surface area contributed by atoms with Crippen LogP contribution in [0.5, 0.6) is 0 Å². The van der Waals surface area contributed by atoms with Crippen molar-refractivity contribution in [3.8, 4) is 0 Å². The Morgan fingerprint density at radius 1 is 0.675 bits per heavy atom. The highest BCUT2D eigenvalue weighted by Crippen LogP contribution is 2.25. The van der Waals surface area contributed by atoms with Crippen LogP contribution in [0.25, 0.3) is 0 Å². The highest BCUT2D eigenvalue weighted by molar-refractivity contribution is 8.01. The fraction of sp³-hybridized carbons (Fsp3) is 0.745. The Morgan fingerprint density at radius 2 is 1.25 bits per heavy atom. The maximum absolute atomic E-state index is 14.8. The zero-order chi connectivity index (χ0) is 59.7. The topological polar surface area (TPSA) is 308 Å². The highest BCUT2D eigenvalue weighted by atomic mass is 32.2. The lowest BCUT2D eigenvalue weighted by molar-refractivity contribution is -0.150. The molecule has 0 radical (unpaired) electrons. The van der Waals surface area contributed by atoms with Crippen LogP contribution in [0, 0.1) is 17.8 Å². The molecule has 26 heteroatoms. The normalized spacial score (nSPS) is 14.2. The van der Waals surface area contributed by atoms with Gasteiger partial charge in [0.2, 0.25) is 29.5 Å². The van der Waals surface area contributed by atoms with E-state index in [-0.39, 0.29) is 49.5 Å². The summed E-state index contributed by atoms with van der Waals surface area (Å²) in [4.78, 5) is 155. The summed E-state index contributed by atoms with van der Waals surface area (Å²) in [5.74, 6) is -3.28. The van der Waals surface area contributed by atoms with Gasteiger partial charge in [-0.3, -0.25) is 49.5 Å². The highest BCUT2D eigenvalue weighted by Gasteiger charge is 2.42. The largest absolute Gasteiger partial charge is 0.396 e. The van der Waals surface area contributed by atoms with E-state index in [1.165, 1.54) is 77.6 Å². The number of hydrogen-bond acceptors (Lipinski definition) is 15. The number of aliphatic hydroxyl groups excluding tert-OH is 1. The van der Waals surface area contributed by atoms with Crippen LogP contribution in [0.4, 0.5) is 19.2 Å². The van der Waals surface area contributed by atoms with Crippen molar-refractivity contribution >= 4 is 89.0 Å². The van der Waals surface area contributed by atoms with Gasteiger partial charge in [-0.05, 0) is 89.1 Å². The molecule has 0 aliphatic heterocycles. The predicted octanol–water partition coefficient (Wildman–Crippen LogP) is 3.01. The van der Waals surface area contributed by atoms with Gasteiger partial charge in [-0.1, -0.05) is 53.7 Å². The van der Waals surface area contributed by atoms with Crippen molar-refractivity contribution in [3.63, 3.8) is 0 Å². The number of thioether (sulfide) groups is 2. The molecule has 0 aromatic carbocycles. The van der Waals surface area contributed by atoms with Crippen LogP contribution in [-0.4, -0.2) is 219 Å². The molecule has 0 aromatic rings. The number of hydrogen-bond donors (Lipinski definition) is 7. The van der Waals surface area contributed by atoms with Crippen molar-refractivity contribution in [2.45, 2.75) is 155 Å². The Kier molecular flexibility index (Phi) is 32.6. The summed E-state index contributed by atoms with van der Waals surface area (Å²) in [6.45, 7) is 17.2. The minimum Gasteiger partial charge on any atom is -0.396 e. The van der Waals surface area contributed by atoms with E-state index < -0.39 is 107 Å². The Hall–Kier alpha value is -5.47. The number of allylic oxidation sites excluding steroid dienone is 2. The Labute approximate surface area is 464 Å². The van der Waals surface area contributed by atoms with Gasteiger partial charge >= 0.3 is 24.1 Å².